The van der Waals surface area contributed by atoms with Gasteiger partial charge in [-0.2, -0.15) is 0 Å². The van der Waals surface area contributed by atoms with Crippen LogP contribution in [0.2, 0.25) is 0 Å². The number of nitrogens with zero attached hydrogens (tertiary/aromatic N) is 3. The molecule has 140 valence electrons. The van der Waals surface area contributed by atoms with E-state index >= 15 is 0 Å². The summed E-state index contributed by atoms with van der Waals surface area (Å²) in [6.45, 7) is 5.08. The summed E-state index contributed by atoms with van der Waals surface area (Å²) in [4.78, 5) is 40.9. The maximum atomic E-state index is 12.6. The number of carbonyl (C=O) groups excluding carboxylic acids is 2. The molecule has 0 aliphatic carbocycles. The van der Waals surface area contributed by atoms with Crippen molar-refractivity contribution >= 4 is 22.8 Å². The number of amides is 2. The molecule has 0 N–H and O–H groups in total. The minimum atomic E-state index is -0.228. The Bertz CT molecular complexity index is 859. The molecule has 7 heteroatoms. The van der Waals surface area contributed by atoms with E-state index in [0.29, 0.717) is 36.9 Å². The zero-order valence-corrected chi connectivity index (χ0v) is 15.5. The van der Waals surface area contributed by atoms with E-state index in [1.807, 2.05) is 20.9 Å². The number of pyridine rings is 1. The summed E-state index contributed by atoms with van der Waals surface area (Å²) in [6.07, 6.45) is 4.38. The van der Waals surface area contributed by atoms with Gasteiger partial charge in [0.15, 0.2) is 0 Å². The van der Waals surface area contributed by atoms with Gasteiger partial charge in [-0.1, -0.05) is 0 Å². The fourth-order valence-electron chi connectivity index (χ4n) is 3.30. The lowest BCUT2D eigenvalue weighted by molar-refractivity contribution is -0.141. The molecule has 0 aromatic carbocycles. The molecule has 0 spiro atoms. The highest BCUT2D eigenvalue weighted by atomic mass is 16.3. The van der Waals surface area contributed by atoms with Gasteiger partial charge in [-0.25, -0.2) is 0 Å². The largest absolute Gasteiger partial charge is 0.464 e. The normalized spacial score (nSPS) is 15.6. The van der Waals surface area contributed by atoms with E-state index in [0.717, 1.165) is 0 Å². The third-order valence-electron chi connectivity index (χ3n) is 5.22. The van der Waals surface area contributed by atoms with Crippen LogP contribution >= 0.6 is 0 Å². The number of fused-ring (bicyclic) bond motifs is 1. The van der Waals surface area contributed by atoms with Crippen LogP contribution in [0.25, 0.3) is 11.0 Å². The number of aromatic nitrogens is 1. The molecule has 0 bridgehead atoms. The highest BCUT2D eigenvalue weighted by molar-refractivity contribution is 5.80. The first-order valence-corrected chi connectivity index (χ1v) is 8.99. The van der Waals surface area contributed by atoms with Gasteiger partial charge < -0.3 is 18.8 Å². The first-order valence-electron chi connectivity index (χ1n) is 8.99. The van der Waals surface area contributed by atoms with Crippen molar-refractivity contribution in [1.29, 1.82) is 0 Å². The highest BCUT2D eigenvalue weighted by Gasteiger charge is 2.29. The molecule has 0 unspecified atom stereocenters. The molecule has 26 heavy (non-hydrogen) atoms. The maximum Gasteiger partial charge on any atom is 0.262 e. The number of rotatable bonds is 4. The Labute approximate surface area is 152 Å². The monoisotopic (exact) mass is 359 g/mol. The van der Waals surface area contributed by atoms with Crippen LogP contribution in [0.5, 0.6) is 0 Å². The van der Waals surface area contributed by atoms with Crippen molar-refractivity contribution in [3.63, 3.8) is 0 Å². The van der Waals surface area contributed by atoms with Gasteiger partial charge >= 0.3 is 0 Å². The van der Waals surface area contributed by atoms with E-state index in [-0.39, 0.29) is 35.9 Å². The molecule has 0 atom stereocenters. The molecule has 2 aromatic rings. The van der Waals surface area contributed by atoms with E-state index in [4.69, 9.17) is 4.42 Å². The fourth-order valence-corrected chi connectivity index (χ4v) is 3.30. The van der Waals surface area contributed by atoms with E-state index in [9.17, 15) is 14.4 Å². The Morgan fingerprint density at radius 3 is 2.62 bits per heavy atom. The summed E-state index contributed by atoms with van der Waals surface area (Å²) in [6, 6.07) is 3.48. The second-order valence-electron chi connectivity index (χ2n) is 7.15. The number of carbonyl (C=O) groups is 2. The molecule has 1 saturated heterocycles. The Kier molecular flexibility index (Phi) is 5.15. The van der Waals surface area contributed by atoms with Crippen molar-refractivity contribution in [1.82, 2.24) is 14.4 Å². The predicted molar refractivity (Wildman–Crippen MR) is 97.7 cm³/mol. The van der Waals surface area contributed by atoms with Crippen LogP contribution in [0, 0.1) is 5.92 Å². The van der Waals surface area contributed by atoms with Gasteiger partial charge in [0.2, 0.25) is 11.8 Å². The Balaban J connectivity index is 1.61. The van der Waals surface area contributed by atoms with E-state index in [2.05, 4.69) is 0 Å². The summed E-state index contributed by atoms with van der Waals surface area (Å²) in [5.74, 6) is 0.0169. The molecule has 0 radical (unpaired) electrons. The van der Waals surface area contributed by atoms with Gasteiger partial charge in [0.25, 0.3) is 5.56 Å². The molecular formula is C19H25N3O4. The van der Waals surface area contributed by atoms with Crippen LogP contribution in [0.15, 0.2) is 33.8 Å². The topological polar surface area (TPSA) is 75.8 Å². The second-order valence-corrected chi connectivity index (χ2v) is 7.15. The number of likely N-dealkylation sites (tertiary alicyclic amines) is 1. The number of piperidine rings is 1. The van der Waals surface area contributed by atoms with E-state index < -0.39 is 0 Å². The summed E-state index contributed by atoms with van der Waals surface area (Å²) in [5.41, 5.74) is 0.292. The zero-order chi connectivity index (χ0) is 18.8. The van der Waals surface area contributed by atoms with Crippen molar-refractivity contribution in [2.45, 2.75) is 39.3 Å². The molecule has 2 aromatic heterocycles. The van der Waals surface area contributed by atoms with Crippen molar-refractivity contribution in [3.8, 4) is 0 Å². The minimum Gasteiger partial charge on any atom is -0.464 e. The minimum absolute atomic E-state index is 0.00443. The fraction of sp³-hybridized carbons (Fsp3) is 0.526. The van der Waals surface area contributed by atoms with Gasteiger partial charge in [0, 0.05) is 38.3 Å². The molecule has 3 heterocycles. The molecule has 0 saturated carbocycles. The summed E-state index contributed by atoms with van der Waals surface area (Å²) < 4.78 is 6.61. The molecule has 2 amide bonds. The number of hydrogen-bond donors (Lipinski definition) is 0. The van der Waals surface area contributed by atoms with E-state index in [1.54, 1.807) is 28.1 Å². The van der Waals surface area contributed by atoms with Crippen molar-refractivity contribution in [2.24, 2.45) is 5.92 Å². The third-order valence-corrected chi connectivity index (χ3v) is 5.22. The van der Waals surface area contributed by atoms with Crippen LogP contribution in [-0.2, 0) is 16.1 Å². The molecule has 1 aliphatic heterocycles. The smallest absolute Gasteiger partial charge is 0.262 e. The molecule has 3 rings (SSSR count). The quantitative estimate of drug-likeness (QED) is 0.833. The first kappa shape index (κ1) is 18.2. The first-order chi connectivity index (χ1) is 12.4. The van der Waals surface area contributed by atoms with Gasteiger partial charge in [-0.05, 0) is 38.8 Å². The van der Waals surface area contributed by atoms with Crippen LogP contribution in [-0.4, -0.2) is 52.4 Å². The SMILES string of the molecule is CC(C)N(C)C(=O)C1CCN(C(=O)Cn2ccc3occc3c2=O)CC1. The Hall–Kier alpha value is -2.57. The molecule has 1 fully saturated rings. The zero-order valence-electron chi connectivity index (χ0n) is 15.5. The summed E-state index contributed by atoms with van der Waals surface area (Å²) >= 11 is 0. The van der Waals surface area contributed by atoms with Crippen LogP contribution in [0.1, 0.15) is 26.7 Å². The maximum absolute atomic E-state index is 12.6. The van der Waals surface area contributed by atoms with Gasteiger partial charge in [-0.15, -0.1) is 0 Å². The van der Waals surface area contributed by atoms with Crippen LogP contribution in [0.4, 0.5) is 0 Å². The van der Waals surface area contributed by atoms with Gasteiger partial charge in [0.1, 0.15) is 12.1 Å². The predicted octanol–water partition coefficient (Wildman–Crippen LogP) is 1.70. The van der Waals surface area contributed by atoms with Crippen LogP contribution in [0.3, 0.4) is 0 Å². The molecule has 1 aliphatic rings. The highest BCUT2D eigenvalue weighted by Crippen LogP contribution is 2.20. The molecule has 7 nitrogen and oxygen atoms in total. The average Bonchev–Trinajstić information content (AvgIpc) is 3.12. The lowest BCUT2D eigenvalue weighted by atomic mass is 9.95. The van der Waals surface area contributed by atoms with Gasteiger partial charge in [0.05, 0.1) is 11.6 Å². The number of hydrogen-bond acceptors (Lipinski definition) is 4. The molecular weight excluding hydrogens is 334 g/mol. The van der Waals surface area contributed by atoms with Crippen molar-refractivity contribution < 1.29 is 14.0 Å². The second kappa shape index (κ2) is 7.35. The Morgan fingerprint density at radius 1 is 1.27 bits per heavy atom. The third kappa shape index (κ3) is 3.52. The van der Waals surface area contributed by atoms with Crippen molar-refractivity contribution in [2.75, 3.05) is 20.1 Å². The lowest BCUT2D eigenvalue weighted by Gasteiger charge is -2.34. The van der Waals surface area contributed by atoms with E-state index in [1.165, 1.54) is 10.8 Å². The van der Waals surface area contributed by atoms with Crippen molar-refractivity contribution in [3.05, 3.63) is 34.9 Å². The standard InChI is InChI=1S/C19H25N3O4/c1-13(2)20(3)18(24)14-4-8-21(9-5-14)17(23)12-22-10-6-16-15(19(22)25)7-11-26-16/h6-7,10-11,13-14H,4-5,8-9,12H2,1-3H3. The summed E-state index contributed by atoms with van der Waals surface area (Å²) in [5, 5.41) is 0.473. The Morgan fingerprint density at radius 2 is 1.96 bits per heavy atom. The van der Waals surface area contributed by atoms with Gasteiger partial charge in [-0.3, -0.25) is 14.4 Å². The van der Waals surface area contributed by atoms with Crippen LogP contribution < -0.4 is 5.56 Å². The number of furan rings is 1. The average molecular weight is 359 g/mol. The lowest BCUT2D eigenvalue weighted by Crippen LogP contribution is -2.46. The summed E-state index contributed by atoms with van der Waals surface area (Å²) in [7, 11) is 1.82.